The summed E-state index contributed by atoms with van der Waals surface area (Å²) >= 11 is 5.81. The minimum absolute atomic E-state index is 0.0219. The van der Waals surface area contributed by atoms with Crippen molar-refractivity contribution in [2.45, 2.75) is 45.1 Å². The number of carbonyl (C=O) groups excluding carboxylic acids is 1. The predicted molar refractivity (Wildman–Crippen MR) is 81.2 cm³/mol. The smallest absolute Gasteiger partial charge is 0.223 e. The number of nitrogens with zero attached hydrogens (tertiary/aromatic N) is 1. The highest BCUT2D eigenvalue weighted by Crippen LogP contribution is 2.28. The molecule has 0 aliphatic carbocycles. The van der Waals surface area contributed by atoms with Crippen LogP contribution in [0.25, 0.3) is 0 Å². The third kappa shape index (κ3) is 3.89. The molecule has 1 aliphatic rings. The number of ether oxygens (including phenoxy) is 1. The molecule has 0 bridgehead atoms. The molecule has 3 nitrogen and oxygen atoms in total. The molecule has 0 spiro atoms. The zero-order valence-electron chi connectivity index (χ0n) is 12.2. The summed E-state index contributed by atoms with van der Waals surface area (Å²) in [6, 6.07) is 7.28. The number of likely N-dealkylation sites (tertiary alicyclic amines) is 1. The van der Waals surface area contributed by atoms with E-state index in [0.717, 1.165) is 31.6 Å². The van der Waals surface area contributed by atoms with Crippen LogP contribution >= 0.6 is 11.6 Å². The van der Waals surface area contributed by atoms with Gasteiger partial charge in [0.2, 0.25) is 5.91 Å². The van der Waals surface area contributed by atoms with Crippen molar-refractivity contribution in [3.63, 3.8) is 0 Å². The molecule has 1 saturated heterocycles. The fourth-order valence-electron chi connectivity index (χ4n) is 2.65. The van der Waals surface area contributed by atoms with E-state index in [0.29, 0.717) is 18.1 Å². The van der Waals surface area contributed by atoms with E-state index in [9.17, 15) is 4.79 Å². The maximum Gasteiger partial charge on any atom is 0.223 e. The summed E-state index contributed by atoms with van der Waals surface area (Å²) in [5, 5.41) is 0.698. The molecule has 110 valence electrons. The summed E-state index contributed by atoms with van der Waals surface area (Å²) in [5.74, 6) is 1.04. The van der Waals surface area contributed by atoms with E-state index in [4.69, 9.17) is 16.3 Å². The van der Waals surface area contributed by atoms with Crippen molar-refractivity contribution in [2.75, 3.05) is 13.2 Å². The zero-order valence-corrected chi connectivity index (χ0v) is 12.9. The molecular formula is C16H22ClNO2. The van der Waals surface area contributed by atoms with Gasteiger partial charge in [-0.15, -0.1) is 0 Å². The molecular weight excluding hydrogens is 274 g/mol. The fourth-order valence-corrected chi connectivity index (χ4v) is 2.77. The summed E-state index contributed by atoms with van der Waals surface area (Å²) in [6.07, 6.45) is 3.51. The van der Waals surface area contributed by atoms with Crippen molar-refractivity contribution in [1.29, 1.82) is 0 Å². The molecule has 4 heteroatoms. The lowest BCUT2D eigenvalue weighted by atomic mass is 10.0. The van der Waals surface area contributed by atoms with Crippen LogP contribution < -0.4 is 4.74 Å². The Morgan fingerprint density at radius 2 is 2.05 bits per heavy atom. The third-order valence-corrected chi connectivity index (χ3v) is 4.07. The Balaban J connectivity index is 1.71. The highest BCUT2D eigenvalue weighted by Gasteiger charge is 2.34. The highest BCUT2D eigenvalue weighted by molar-refractivity contribution is 6.30. The van der Waals surface area contributed by atoms with Gasteiger partial charge in [0.15, 0.2) is 0 Å². The van der Waals surface area contributed by atoms with Gasteiger partial charge in [-0.2, -0.15) is 0 Å². The first-order valence-electron chi connectivity index (χ1n) is 7.18. The molecule has 0 saturated carbocycles. The van der Waals surface area contributed by atoms with Crippen LogP contribution in [-0.4, -0.2) is 29.5 Å². The van der Waals surface area contributed by atoms with Crippen LogP contribution in [0.3, 0.4) is 0 Å². The van der Waals surface area contributed by atoms with Crippen molar-refractivity contribution in [3.05, 3.63) is 29.3 Å². The number of carbonyl (C=O) groups is 1. The second-order valence-corrected chi connectivity index (χ2v) is 6.30. The van der Waals surface area contributed by atoms with Crippen molar-refractivity contribution in [1.82, 2.24) is 4.90 Å². The van der Waals surface area contributed by atoms with Crippen LogP contribution in [0, 0.1) is 0 Å². The van der Waals surface area contributed by atoms with Gasteiger partial charge in [0, 0.05) is 23.5 Å². The molecule has 0 N–H and O–H groups in total. The summed E-state index contributed by atoms with van der Waals surface area (Å²) in [5.41, 5.74) is 0.0219. The summed E-state index contributed by atoms with van der Waals surface area (Å²) in [7, 11) is 0. The van der Waals surface area contributed by atoms with Crippen LogP contribution in [0.5, 0.6) is 5.75 Å². The number of benzene rings is 1. The topological polar surface area (TPSA) is 29.5 Å². The average Bonchev–Trinajstić information content (AvgIpc) is 2.76. The average molecular weight is 296 g/mol. The number of hydrogen-bond acceptors (Lipinski definition) is 2. The number of halogens is 1. The minimum atomic E-state index is 0.0219. The summed E-state index contributed by atoms with van der Waals surface area (Å²) < 4.78 is 5.60. The second-order valence-electron chi connectivity index (χ2n) is 5.87. The summed E-state index contributed by atoms with van der Waals surface area (Å²) in [6.45, 7) is 5.73. The molecule has 0 unspecified atom stereocenters. The van der Waals surface area contributed by atoms with Gasteiger partial charge in [-0.1, -0.05) is 11.6 Å². The zero-order chi connectivity index (χ0) is 14.6. The quantitative estimate of drug-likeness (QED) is 0.771. The molecule has 1 amide bonds. The van der Waals surface area contributed by atoms with E-state index < -0.39 is 0 Å². The first-order valence-corrected chi connectivity index (χ1v) is 7.56. The molecule has 20 heavy (non-hydrogen) atoms. The monoisotopic (exact) mass is 295 g/mol. The fraction of sp³-hybridized carbons (Fsp3) is 0.562. The SMILES string of the molecule is CC1(C)CCCN1C(=O)CCCOc1ccc(Cl)cc1. The lowest BCUT2D eigenvalue weighted by Crippen LogP contribution is -2.42. The van der Waals surface area contributed by atoms with E-state index in [1.807, 2.05) is 17.0 Å². The number of rotatable bonds is 5. The van der Waals surface area contributed by atoms with Crippen LogP contribution in [0.15, 0.2) is 24.3 Å². The molecule has 0 radical (unpaired) electrons. The molecule has 1 aromatic carbocycles. The van der Waals surface area contributed by atoms with Crippen molar-refractivity contribution >= 4 is 17.5 Å². The van der Waals surface area contributed by atoms with Gasteiger partial charge >= 0.3 is 0 Å². The largest absolute Gasteiger partial charge is 0.494 e. The van der Waals surface area contributed by atoms with Gasteiger partial charge in [-0.25, -0.2) is 0 Å². The number of amides is 1. The predicted octanol–water partition coefficient (Wildman–Crippen LogP) is 3.90. The van der Waals surface area contributed by atoms with Gasteiger partial charge in [0.1, 0.15) is 5.75 Å². The highest BCUT2D eigenvalue weighted by atomic mass is 35.5. The Morgan fingerprint density at radius 1 is 1.35 bits per heavy atom. The Bertz CT molecular complexity index is 456. The molecule has 1 heterocycles. The Kier molecular flexibility index (Phi) is 4.92. The van der Waals surface area contributed by atoms with Crippen molar-refractivity contribution in [2.24, 2.45) is 0 Å². The lowest BCUT2D eigenvalue weighted by Gasteiger charge is -2.31. The second kappa shape index (κ2) is 6.49. The van der Waals surface area contributed by atoms with Crippen molar-refractivity contribution < 1.29 is 9.53 Å². The van der Waals surface area contributed by atoms with Gasteiger partial charge < -0.3 is 9.64 Å². The van der Waals surface area contributed by atoms with Crippen LogP contribution in [0.2, 0.25) is 5.02 Å². The van der Waals surface area contributed by atoms with E-state index in [1.165, 1.54) is 0 Å². The first kappa shape index (κ1) is 15.2. The maximum atomic E-state index is 12.2. The molecule has 1 aromatic rings. The Hall–Kier alpha value is -1.22. The molecule has 0 aromatic heterocycles. The van der Waals surface area contributed by atoms with Crippen molar-refractivity contribution in [3.8, 4) is 5.75 Å². The van der Waals surface area contributed by atoms with Gasteiger partial charge in [-0.05, 0) is 57.4 Å². The molecule has 1 fully saturated rings. The molecule has 2 rings (SSSR count). The number of hydrogen-bond donors (Lipinski definition) is 0. The molecule has 0 atom stereocenters. The van der Waals surface area contributed by atoms with E-state index in [2.05, 4.69) is 13.8 Å². The third-order valence-electron chi connectivity index (χ3n) is 3.82. The van der Waals surface area contributed by atoms with Gasteiger partial charge in [-0.3, -0.25) is 4.79 Å². The van der Waals surface area contributed by atoms with Crippen LogP contribution in [-0.2, 0) is 4.79 Å². The van der Waals surface area contributed by atoms with Crippen LogP contribution in [0.1, 0.15) is 39.5 Å². The summed E-state index contributed by atoms with van der Waals surface area (Å²) in [4.78, 5) is 14.2. The standard InChI is InChI=1S/C16H22ClNO2/c1-16(2)10-4-11-18(16)15(19)5-3-12-20-14-8-6-13(17)7-9-14/h6-9H,3-5,10-12H2,1-2H3. The lowest BCUT2D eigenvalue weighted by molar-refractivity contribution is -0.134. The molecule has 1 aliphatic heterocycles. The van der Waals surface area contributed by atoms with Gasteiger partial charge in [0.25, 0.3) is 0 Å². The van der Waals surface area contributed by atoms with Gasteiger partial charge in [0.05, 0.1) is 6.61 Å². The van der Waals surface area contributed by atoms with Crippen LogP contribution in [0.4, 0.5) is 0 Å². The maximum absolute atomic E-state index is 12.2. The van der Waals surface area contributed by atoms with E-state index in [-0.39, 0.29) is 11.4 Å². The normalized spacial score (nSPS) is 17.2. The Labute approximate surface area is 125 Å². The minimum Gasteiger partial charge on any atom is -0.494 e. The Morgan fingerprint density at radius 3 is 2.65 bits per heavy atom. The first-order chi connectivity index (χ1) is 9.49. The van der Waals surface area contributed by atoms with E-state index >= 15 is 0 Å². The van der Waals surface area contributed by atoms with E-state index in [1.54, 1.807) is 12.1 Å².